The third-order valence-corrected chi connectivity index (χ3v) is 5.35. The SMILES string of the molecule is COc1cc(NC(=O)Nc2cnc(N3CCN(c4ccccn4)CC3)nc2)cc(OC)c1OC. The number of carbonyl (C=O) groups excluding carboxylic acids is 1. The van der Waals surface area contributed by atoms with Crippen molar-refractivity contribution >= 4 is 29.2 Å². The number of benzene rings is 1. The molecule has 2 N–H and O–H groups in total. The molecule has 178 valence electrons. The molecule has 0 saturated carbocycles. The van der Waals surface area contributed by atoms with Crippen molar-refractivity contribution in [2.24, 2.45) is 0 Å². The van der Waals surface area contributed by atoms with Gasteiger partial charge in [-0.3, -0.25) is 0 Å². The molecule has 4 rings (SSSR count). The fourth-order valence-corrected chi connectivity index (χ4v) is 3.67. The van der Waals surface area contributed by atoms with E-state index < -0.39 is 6.03 Å². The van der Waals surface area contributed by atoms with Gasteiger partial charge in [0.25, 0.3) is 0 Å². The molecule has 1 aliphatic rings. The zero-order chi connectivity index (χ0) is 23.9. The van der Waals surface area contributed by atoms with Crippen molar-refractivity contribution in [2.45, 2.75) is 0 Å². The third-order valence-electron chi connectivity index (χ3n) is 5.35. The van der Waals surface area contributed by atoms with Gasteiger partial charge in [-0.15, -0.1) is 0 Å². The second-order valence-electron chi connectivity index (χ2n) is 7.43. The van der Waals surface area contributed by atoms with E-state index in [2.05, 4.69) is 35.4 Å². The summed E-state index contributed by atoms with van der Waals surface area (Å²) in [5.41, 5.74) is 0.955. The quantitative estimate of drug-likeness (QED) is 0.544. The highest BCUT2D eigenvalue weighted by Gasteiger charge is 2.20. The van der Waals surface area contributed by atoms with E-state index in [4.69, 9.17) is 14.2 Å². The van der Waals surface area contributed by atoms with Crippen molar-refractivity contribution < 1.29 is 19.0 Å². The van der Waals surface area contributed by atoms with Crippen LogP contribution in [0.25, 0.3) is 0 Å². The van der Waals surface area contributed by atoms with E-state index in [1.807, 2.05) is 18.2 Å². The Bertz CT molecular complexity index is 1080. The van der Waals surface area contributed by atoms with Gasteiger partial charge in [-0.2, -0.15) is 0 Å². The summed E-state index contributed by atoms with van der Waals surface area (Å²) in [5.74, 6) is 2.92. The lowest BCUT2D eigenvalue weighted by atomic mass is 10.2. The second-order valence-corrected chi connectivity index (χ2v) is 7.43. The van der Waals surface area contributed by atoms with Gasteiger partial charge in [0.2, 0.25) is 11.7 Å². The molecule has 11 heteroatoms. The molecule has 0 aliphatic carbocycles. The first-order valence-electron chi connectivity index (χ1n) is 10.7. The number of nitrogens with one attached hydrogen (secondary N) is 2. The van der Waals surface area contributed by atoms with Gasteiger partial charge < -0.3 is 34.6 Å². The molecule has 1 aliphatic heterocycles. The Kier molecular flexibility index (Phi) is 7.11. The molecule has 0 spiro atoms. The number of amides is 2. The highest BCUT2D eigenvalue weighted by Crippen LogP contribution is 2.39. The maximum atomic E-state index is 12.5. The molecule has 11 nitrogen and oxygen atoms in total. The molecule has 3 heterocycles. The molecular formula is C23H27N7O4. The number of urea groups is 1. The summed E-state index contributed by atoms with van der Waals surface area (Å²) in [6.45, 7) is 3.23. The summed E-state index contributed by atoms with van der Waals surface area (Å²) in [4.78, 5) is 30.1. The predicted octanol–water partition coefficient (Wildman–Crippen LogP) is 2.87. The topological polar surface area (TPSA) is 114 Å². The lowest BCUT2D eigenvalue weighted by Gasteiger charge is -2.35. The number of piperazine rings is 1. The van der Waals surface area contributed by atoms with Gasteiger partial charge in [-0.05, 0) is 12.1 Å². The highest BCUT2D eigenvalue weighted by molar-refractivity contribution is 6.00. The van der Waals surface area contributed by atoms with E-state index in [0.29, 0.717) is 34.6 Å². The number of anilines is 4. The molecule has 0 unspecified atom stereocenters. The van der Waals surface area contributed by atoms with Crippen molar-refractivity contribution in [1.82, 2.24) is 15.0 Å². The number of aromatic nitrogens is 3. The van der Waals surface area contributed by atoms with Crippen molar-refractivity contribution in [3.8, 4) is 17.2 Å². The van der Waals surface area contributed by atoms with Gasteiger partial charge in [-0.25, -0.2) is 19.7 Å². The van der Waals surface area contributed by atoms with Crippen molar-refractivity contribution in [3.05, 3.63) is 48.9 Å². The third kappa shape index (κ3) is 5.20. The van der Waals surface area contributed by atoms with Crippen molar-refractivity contribution in [1.29, 1.82) is 0 Å². The Morgan fingerprint density at radius 1 is 0.824 bits per heavy atom. The average Bonchev–Trinajstić information content (AvgIpc) is 2.89. The van der Waals surface area contributed by atoms with Crippen LogP contribution in [-0.4, -0.2) is 68.5 Å². The van der Waals surface area contributed by atoms with Crippen LogP contribution >= 0.6 is 0 Å². The van der Waals surface area contributed by atoms with Gasteiger partial charge in [0.15, 0.2) is 11.5 Å². The summed E-state index contributed by atoms with van der Waals surface area (Å²) in [6, 6.07) is 8.75. The largest absolute Gasteiger partial charge is 0.493 e. The Morgan fingerprint density at radius 2 is 1.44 bits per heavy atom. The predicted molar refractivity (Wildman–Crippen MR) is 129 cm³/mol. The molecule has 2 aromatic heterocycles. The average molecular weight is 466 g/mol. The minimum atomic E-state index is -0.449. The molecule has 3 aromatic rings. The lowest BCUT2D eigenvalue weighted by molar-refractivity contribution is 0.262. The standard InChI is InChI=1S/C23H27N7O4/c1-32-18-12-16(13-19(33-2)21(18)34-3)27-23(31)28-17-14-25-22(26-15-17)30-10-8-29(9-11-30)20-6-4-5-7-24-20/h4-7,12-15H,8-11H2,1-3H3,(H2,27,28,31). The zero-order valence-electron chi connectivity index (χ0n) is 19.3. The number of methoxy groups -OCH3 is 3. The van der Waals surface area contributed by atoms with Crippen LogP contribution < -0.4 is 34.6 Å². The van der Waals surface area contributed by atoms with Crippen LogP contribution in [-0.2, 0) is 0 Å². The second kappa shape index (κ2) is 10.6. The molecule has 2 amide bonds. The van der Waals surface area contributed by atoms with Gasteiger partial charge in [0.1, 0.15) is 5.82 Å². The number of rotatable bonds is 7. The van der Waals surface area contributed by atoms with Gasteiger partial charge in [0, 0.05) is 44.5 Å². The lowest BCUT2D eigenvalue weighted by Crippen LogP contribution is -2.47. The van der Waals surface area contributed by atoms with E-state index in [1.54, 1.807) is 30.7 Å². The monoisotopic (exact) mass is 465 g/mol. The number of carbonyl (C=O) groups is 1. The molecule has 1 aromatic carbocycles. The minimum absolute atomic E-state index is 0.438. The Hall–Kier alpha value is -4.28. The first kappa shape index (κ1) is 22.9. The van der Waals surface area contributed by atoms with Crippen LogP contribution in [0.1, 0.15) is 0 Å². The summed E-state index contributed by atoms with van der Waals surface area (Å²) in [6.07, 6.45) is 4.97. The number of pyridine rings is 1. The van der Waals surface area contributed by atoms with Crippen molar-refractivity contribution in [2.75, 3.05) is 67.9 Å². The van der Waals surface area contributed by atoms with E-state index >= 15 is 0 Å². The van der Waals surface area contributed by atoms with Crippen LogP contribution in [0, 0.1) is 0 Å². The first-order valence-corrected chi connectivity index (χ1v) is 10.7. The number of nitrogens with zero attached hydrogens (tertiary/aromatic N) is 5. The van der Waals surface area contributed by atoms with Crippen LogP contribution in [0.3, 0.4) is 0 Å². The zero-order valence-corrected chi connectivity index (χ0v) is 19.3. The highest BCUT2D eigenvalue weighted by atomic mass is 16.5. The fourth-order valence-electron chi connectivity index (χ4n) is 3.67. The Labute approximate surface area is 197 Å². The van der Waals surface area contributed by atoms with Crippen LogP contribution in [0.4, 0.5) is 27.9 Å². The summed E-state index contributed by atoms with van der Waals surface area (Å²) in [7, 11) is 4.54. The van der Waals surface area contributed by atoms with E-state index in [-0.39, 0.29) is 0 Å². The molecule has 1 saturated heterocycles. The van der Waals surface area contributed by atoms with E-state index in [0.717, 1.165) is 32.0 Å². The van der Waals surface area contributed by atoms with Crippen LogP contribution in [0.15, 0.2) is 48.9 Å². The fraction of sp³-hybridized carbons (Fsp3) is 0.304. The molecular weight excluding hydrogens is 438 g/mol. The van der Waals surface area contributed by atoms with E-state index in [9.17, 15) is 4.79 Å². The molecule has 34 heavy (non-hydrogen) atoms. The number of hydrogen-bond acceptors (Lipinski definition) is 9. The molecule has 0 atom stereocenters. The van der Waals surface area contributed by atoms with Crippen LogP contribution in [0.5, 0.6) is 17.2 Å². The van der Waals surface area contributed by atoms with Gasteiger partial charge in [0.05, 0.1) is 45.1 Å². The summed E-state index contributed by atoms with van der Waals surface area (Å²) >= 11 is 0. The van der Waals surface area contributed by atoms with Gasteiger partial charge >= 0.3 is 6.03 Å². The van der Waals surface area contributed by atoms with Crippen molar-refractivity contribution in [3.63, 3.8) is 0 Å². The number of ether oxygens (including phenoxy) is 3. The summed E-state index contributed by atoms with van der Waals surface area (Å²) < 4.78 is 15.9. The van der Waals surface area contributed by atoms with E-state index in [1.165, 1.54) is 21.3 Å². The maximum absolute atomic E-state index is 12.5. The molecule has 0 bridgehead atoms. The summed E-state index contributed by atoms with van der Waals surface area (Å²) in [5, 5.41) is 5.48. The first-order chi connectivity index (χ1) is 16.6. The van der Waals surface area contributed by atoms with Gasteiger partial charge in [-0.1, -0.05) is 6.07 Å². The Morgan fingerprint density at radius 3 is 2.00 bits per heavy atom. The van der Waals surface area contributed by atoms with Crippen LogP contribution in [0.2, 0.25) is 0 Å². The smallest absolute Gasteiger partial charge is 0.323 e. The molecule has 0 radical (unpaired) electrons. The molecule has 1 fully saturated rings. The minimum Gasteiger partial charge on any atom is -0.493 e. The Balaban J connectivity index is 1.34. The maximum Gasteiger partial charge on any atom is 0.323 e. The number of hydrogen-bond donors (Lipinski definition) is 2. The normalized spacial score (nSPS) is 13.3.